The van der Waals surface area contributed by atoms with Crippen molar-refractivity contribution in [1.29, 1.82) is 0 Å². The van der Waals surface area contributed by atoms with Gasteiger partial charge in [0.25, 0.3) is 5.91 Å². The van der Waals surface area contributed by atoms with E-state index in [-0.39, 0.29) is 46.0 Å². The predicted octanol–water partition coefficient (Wildman–Crippen LogP) is 6.56. The second-order valence-corrected chi connectivity index (χ2v) is 7.58. The average Bonchev–Trinajstić information content (AvgIpc) is 3.08. The van der Waals surface area contributed by atoms with E-state index in [0.29, 0.717) is 6.07 Å². The second kappa shape index (κ2) is 9.29. The van der Waals surface area contributed by atoms with Crippen LogP contribution in [-0.2, 0) is 12.7 Å². The molecule has 0 saturated heterocycles. The topological polar surface area (TPSA) is 80.6 Å². The van der Waals surface area contributed by atoms with E-state index in [4.69, 9.17) is 16.7 Å². The number of fused-ring (bicyclic) bond motifs is 1. The summed E-state index contributed by atoms with van der Waals surface area (Å²) >= 11 is 5.98. The molecule has 2 aromatic carbocycles. The van der Waals surface area contributed by atoms with Crippen molar-refractivity contribution in [2.24, 2.45) is 0 Å². The van der Waals surface area contributed by atoms with Crippen LogP contribution < -0.4 is 10.1 Å². The molecule has 1 amide bonds. The van der Waals surface area contributed by atoms with Gasteiger partial charge >= 0.3 is 18.5 Å². The molecule has 0 saturated carbocycles. The highest BCUT2D eigenvalue weighted by atomic mass is 35.5. The first-order valence-electron chi connectivity index (χ1n) is 9.61. The van der Waals surface area contributed by atoms with Crippen molar-refractivity contribution >= 4 is 34.6 Å². The quantitative estimate of drug-likeness (QED) is 0.224. The summed E-state index contributed by atoms with van der Waals surface area (Å²) in [7, 11) is 0. The minimum absolute atomic E-state index is 0.0154. The van der Waals surface area contributed by atoms with Crippen LogP contribution in [0.15, 0.2) is 36.4 Å². The summed E-state index contributed by atoms with van der Waals surface area (Å²) in [6, 6.07) is 1.36. The smallest absolute Gasteiger partial charge is 0.449 e. The molecule has 2 N–H and O–H groups in total. The number of nitrogens with one attached hydrogen (secondary N) is 1. The number of carbonyl (C=O) groups excluding carboxylic acids is 1. The molecule has 35 heavy (non-hydrogen) atoms. The van der Waals surface area contributed by atoms with Gasteiger partial charge in [-0.2, -0.15) is 26.3 Å². The number of carbonyl (C=O) groups is 2. The maximum absolute atomic E-state index is 13.7. The maximum atomic E-state index is 13.7. The summed E-state index contributed by atoms with van der Waals surface area (Å²) in [5, 5.41) is 10.5. The van der Waals surface area contributed by atoms with Gasteiger partial charge in [-0.3, -0.25) is 4.79 Å². The number of aromatic nitrogens is 1. The SMILES string of the molecule is CCn1c(C(=O)NC(c2ccc(F)c(C(F)(F)F)c2)C(F)(F)F)cc2cc(OC(=O)O)c(Cl)cc21. The van der Waals surface area contributed by atoms with Gasteiger partial charge in [-0.25, -0.2) is 9.18 Å². The summed E-state index contributed by atoms with van der Waals surface area (Å²) in [4.78, 5) is 23.6. The van der Waals surface area contributed by atoms with Crippen LogP contribution in [0.1, 0.15) is 34.6 Å². The van der Waals surface area contributed by atoms with Gasteiger partial charge in [0.15, 0.2) is 11.8 Å². The number of rotatable bonds is 5. The monoisotopic (exact) mass is 526 g/mol. The molecule has 3 rings (SSSR count). The summed E-state index contributed by atoms with van der Waals surface area (Å²) in [5.74, 6) is -3.36. The van der Waals surface area contributed by atoms with E-state index in [1.165, 1.54) is 10.6 Å². The molecule has 3 aromatic rings. The van der Waals surface area contributed by atoms with E-state index in [0.717, 1.165) is 12.1 Å². The maximum Gasteiger partial charge on any atom is 0.511 e. The van der Waals surface area contributed by atoms with Gasteiger partial charge in [0.05, 0.1) is 16.1 Å². The third-order valence-corrected chi connectivity index (χ3v) is 5.23. The number of hydrogen-bond acceptors (Lipinski definition) is 3. The van der Waals surface area contributed by atoms with Crippen LogP contribution in [0.25, 0.3) is 10.9 Å². The molecule has 0 aliphatic rings. The van der Waals surface area contributed by atoms with E-state index in [1.807, 2.05) is 0 Å². The Morgan fingerprint density at radius 3 is 2.31 bits per heavy atom. The largest absolute Gasteiger partial charge is 0.511 e. The third-order valence-electron chi connectivity index (χ3n) is 4.93. The van der Waals surface area contributed by atoms with Crippen molar-refractivity contribution in [1.82, 2.24) is 9.88 Å². The number of amides is 1. The summed E-state index contributed by atoms with van der Waals surface area (Å²) in [6.07, 6.45) is -12.2. The molecule has 1 heterocycles. The molecule has 1 atom stereocenters. The molecule has 1 aromatic heterocycles. The average molecular weight is 527 g/mol. The lowest BCUT2D eigenvalue weighted by Crippen LogP contribution is -2.39. The van der Waals surface area contributed by atoms with Crippen molar-refractivity contribution in [3.8, 4) is 5.75 Å². The number of alkyl halides is 6. The fourth-order valence-electron chi connectivity index (χ4n) is 3.46. The molecule has 188 valence electrons. The zero-order chi connectivity index (χ0) is 26.3. The minimum atomic E-state index is -5.26. The second-order valence-electron chi connectivity index (χ2n) is 7.17. The van der Waals surface area contributed by atoms with E-state index in [1.54, 1.807) is 12.2 Å². The van der Waals surface area contributed by atoms with Crippen LogP contribution in [0.3, 0.4) is 0 Å². The molecular formula is C21H14ClF7N2O4. The summed E-state index contributed by atoms with van der Waals surface area (Å²) < 4.78 is 99.6. The first kappa shape index (κ1) is 26.1. The van der Waals surface area contributed by atoms with Gasteiger partial charge in [-0.05, 0) is 42.8 Å². The number of carboxylic acid groups (broad SMARTS) is 1. The van der Waals surface area contributed by atoms with Gasteiger partial charge < -0.3 is 19.7 Å². The van der Waals surface area contributed by atoms with Gasteiger partial charge in [0.2, 0.25) is 0 Å². The Kier molecular flexibility index (Phi) is 6.93. The van der Waals surface area contributed by atoms with Crippen LogP contribution in [0.2, 0.25) is 5.02 Å². The van der Waals surface area contributed by atoms with Crippen molar-refractivity contribution in [3.05, 3.63) is 64.1 Å². The molecule has 0 aliphatic carbocycles. The molecule has 0 spiro atoms. The molecule has 6 nitrogen and oxygen atoms in total. The molecule has 0 bridgehead atoms. The zero-order valence-corrected chi connectivity index (χ0v) is 18.1. The van der Waals surface area contributed by atoms with Gasteiger partial charge in [-0.15, -0.1) is 0 Å². The van der Waals surface area contributed by atoms with Crippen molar-refractivity contribution in [2.45, 2.75) is 31.9 Å². The van der Waals surface area contributed by atoms with Crippen molar-refractivity contribution < 1.29 is 50.2 Å². The molecule has 0 fully saturated rings. The normalized spacial score (nSPS) is 13.1. The van der Waals surface area contributed by atoms with Crippen molar-refractivity contribution in [3.63, 3.8) is 0 Å². The molecule has 1 unspecified atom stereocenters. The van der Waals surface area contributed by atoms with E-state index < -0.39 is 47.4 Å². The highest BCUT2D eigenvalue weighted by Crippen LogP contribution is 2.38. The van der Waals surface area contributed by atoms with Gasteiger partial charge in [0.1, 0.15) is 11.5 Å². The zero-order valence-electron chi connectivity index (χ0n) is 17.4. The first-order valence-corrected chi connectivity index (χ1v) is 9.99. The van der Waals surface area contributed by atoms with Crippen LogP contribution >= 0.6 is 11.6 Å². The van der Waals surface area contributed by atoms with Crippen molar-refractivity contribution in [2.75, 3.05) is 0 Å². The Balaban J connectivity index is 2.05. The Hall–Kier alpha value is -3.48. The third kappa shape index (κ3) is 5.45. The van der Waals surface area contributed by atoms with Gasteiger partial charge in [0, 0.05) is 11.9 Å². The highest BCUT2D eigenvalue weighted by molar-refractivity contribution is 6.33. The Labute approximate surface area is 196 Å². The predicted molar refractivity (Wildman–Crippen MR) is 109 cm³/mol. The lowest BCUT2D eigenvalue weighted by atomic mass is 10.0. The fourth-order valence-corrected chi connectivity index (χ4v) is 3.66. The molecule has 0 radical (unpaired) electrons. The van der Waals surface area contributed by atoms with Crippen LogP contribution in [0, 0.1) is 5.82 Å². The summed E-state index contributed by atoms with van der Waals surface area (Å²) in [5.41, 5.74) is -3.01. The Morgan fingerprint density at radius 1 is 1.11 bits per heavy atom. The van der Waals surface area contributed by atoms with Crippen LogP contribution in [0.4, 0.5) is 35.5 Å². The lowest BCUT2D eigenvalue weighted by molar-refractivity contribution is -0.156. The number of nitrogens with zero attached hydrogens (tertiary/aromatic N) is 1. The lowest BCUT2D eigenvalue weighted by Gasteiger charge is -2.23. The van der Waals surface area contributed by atoms with E-state index in [9.17, 15) is 40.3 Å². The van der Waals surface area contributed by atoms with Crippen LogP contribution in [0.5, 0.6) is 5.75 Å². The number of halogens is 8. The van der Waals surface area contributed by atoms with E-state index in [2.05, 4.69) is 4.74 Å². The van der Waals surface area contributed by atoms with E-state index >= 15 is 0 Å². The molecule has 0 aliphatic heterocycles. The highest BCUT2D eigenvalue weighted by Gasteiger charge is 2.44. The Morgan fingerprint density at radius 2 is 1.77 bits per heavy atom. The number of benzene rings is 2. The number of hydrogen-bond donors (Lipinski definition) is 2. The fraction of sp³-hybridized carbons (Fsp3) is 0.238. The summed E-state index contributed by atoms with van der Waals surface area (Å²) in [6.45, 7) is 1.62. The van der Waals surface area contributed by atoms with Crippen LogP contribution in [-0.4, -0.2) is 27.9 Å². The first-order chi connectivity index (χ1) is 16.1. The Bertz CT molecular complexity index is 1300. The number of aryl methyl sites for hydroxylation is 1. The molecule has 14 heteroatoms. The minimum Gasteiger partial charge on any atom is -0.449 e. The molecular weight excluding hydrogens is 513 g/mol. The number of ether oxygens (including phenoxy) is 1. The van der Waals surface area contributed by atoms with Gasteiger partial charge in [-0.1, -0.05) is 17.7 Å². The standard InChI is InChI=1S/C21H14ClF7N2O4/c1-2-31-14-8-12(22)16(35-19(33)34)7-10(14)6-15(31)18(32)30-17(21(27,28)29)9-3-4-13(23)11(5-9)20(24,25)26/h3-8,17H,2H2,1H3,(H,30,32)(H,33,34).